The van der Waals surface area contributed by atoms with Gasteiger partial charge < -0.3 is 5.32 Å². The van der Waals surface area contributed by atoms with E-state index in [1.54, 1.807) is 12.1 Å². The maximum absolute atomic E-state index is 11.6. The van der Waals surface area contributed by atoms with Crippen molar-refractivity contribution in [3.05, 3.63) is 28.8 Å². The van der Waals surface area contributed by atoms with Crippen molar-refractivity contribution >= 4 is 11.5 Å². The minimum Gasteiger partial charge on any atom is -0.384 e. The highest BCUT2D eigenvalue weighted by Gasteiger charge is 2.18. The van der Waals surface area contributed by atoms with Gasteiger partial charge in [-0.1, -0.05) is 0 Å². The average Bonchev–Trinajstić information content (AvgIpc) is 2.19. The largest absolute Gasteiger partial charge is 0.384 e. The molecule has 1 aromatic carbocycles. The molecule has 1 N–H and O–H groups in total. The zero-order valence-corrected chi connectivity index (χ0v) is 7.92. The van der Waals surface area contributed by atoms with Crippen molar-refractivity contribution < 1.29 is 4.79 Å². The van der Waals surface area contributed by atoms with Crippen molar-refractivity contribution in [2.75, 3.05) is 11.9 Å². The van der Waals surface area contributed by atoms with Gasteiger partial charge in [0.25, 0.3) is 0 Å². The molecule has 0 spiro atoms. The van der Waals surface area contributed by atoms with Gasteiger partial charge in [-0.2, -0.15) is 5.26 Å². The molecular weight excluding hydrogens is 176 g/mol. The number of ketones is 1. The molecule has 1 heterocycles. The van der Waals surface area contributed by atoms with Gasteiger partial charge in [0.15, 0.2) is 5.78 Å². The predicted octanol–water partition coefficient (Wildman–Crippen LogP) is 1.86. The minimum atomic E-state index is 0.124. The van der Waals surface area contributed by atoms with Crippen molar-refractivity contribution in [1.82, 2.24) is 0 Å². The second kappa shape index (κ2) is 3.15. The Morgan fingerprint density at radius 2 is 2.29 bits per heavy atom. The number of nitriles is 1. The van der Waals surface area contributed by atoms with E-state index in [2.05, 4.69) is 11.4 Å². The summed E-state index contributed by atoms with van der Waals surface area (Å²) in [4.78, 5) is 11.6. The van der Waals surface area contributed by atoms with Crippen molar-refractivity contribution in [2.24, 2.45) is 0 Å². The maximum atomic E-state index is 11.6. The zero-order valence-electron chi connectivity index (χ0n) is 7.92. The van der Waals surface area contributed by atoms with Gasteiger partial charge in [-0.3, -0.25) is 4.79 Å². The van der Waals surface area contributed by atoms with E-state index in [4.69, 9.17) is 5.26 Å². The van der Waals surface area contributed by atoms with Crippen LogP contribution in [0.25, 0.3) is 0 Å². The molecule has 1 aliphatic rings. The number of hydrogen-bond donors (Lipinski definition) is 1. The molecule has 1 aliphatic heterocycles. The molecule has 2 rings (SSSR count). The van der Waals surface area contributed by atoms with E-state index in [0.29, 0.717) is 24.1 Å². The van der Waals surface area contributed by atoms with Crippen LogP contribution in [0.1, 0.15) is 27.9 Å². The van der Waals surface area contributed by atoms with Crippen LogP contribution in [0.15, 0.2) is 12.1 Å². The van der Waals surface area contributed by atoms with Crippen LogP contribution in [0.2, 0.25) is 0 Å². The van der Waals surface area contributed by atoms with Gasteiger partial charge in [0.05, 0.1) is 11.6 Å². The summed E-state index contributed by atoms with van der Waals surface area (Å²) in [7, 11) is 0. The number of hydrogen-bond acceptors (Lipinski definition) is 3. The van der Waals surface area contributed by atoms with Crippen LogP contribution in [0.3, 0.4) is 0 Å². The van der Waals surface area contributed by atoms with Crippen molar-refractivity contribution in [3.8, 4) is 6.07 Å². The molecule has 0 radical (unpaired) electrons. The standard InChI is InChI=1S/C11H10N2O/c1-7-4-8(6-12)5-9-10(14)2-3-13-11(7)9/h4-5,13H,2-3H2,1H3. The number of carbonyl (C=O) groups is 1. The Kier molecular flexibility index (Phi) is 1.97. The Balaban J connectivity index is 2.64. The lowest BCUT2D eigenvalue weighted by Gasteiger charge is -2.19. The lowest BCUT2D eigenvalue weighted by atomic mass is 9.96. The van der Waals surface area contributed by atoms with Crippen LogP contribution in [0.5, 0.6) is 0 Å². The average molecular weight is 186 g/mol. The Bertz CT molecular complexity index is 443. The number of fused-ring (bicyclic) bond motifs is 1. The van der Waals surface area contributed by atoms with E-state index < -0.39 is 0 Å². The molecule has 0 atom stereocenters. The number of rotatable bonds is 0. The Hall–Kier alpha value is -1.82. The topological polar surface area (TPSA) is 52.9 Å². The number of benzene rings is 1. The van der Waals surface area contributed by atoms with E-state index in [-0.39, 0.29) is 5.78 Å². The van der Waals surface area contributed by atoms with Crippen molar-refractivity contribution in [2.45, 2.75) is 13.3 Å². The second-order valence-corrected chi connectivity index (χ2v) is 3.43. The molecular formula is C11H10N2O. The molecule has 70 valence electrons. The summed E-state index contributed by atoms with van der Waals surface area (Å²) in [5.74, 6) is 0.124. The maximum Gasteiger partial charge on any atom is 0.166 e. The Morgan fingerprint density at radius 1 is 1.50 bits per heavy atom. The molecule has 0 saturated heterocycles. The number of aryl methyl sites for hydroxylation is 1. The number of anilines is 1. The summed E-state index contributed by atoms with van der Waals surface area (Å²) in [6.07, 6.45) is 0.515. The number of carbonyl (C=O) groups excluding carboxylic acids is 1. The SMILES string of the molecule is Cc1cc(C#N)cc2c1NCCC2=O. The van der Waals surface area contributed by atoms with E-state index in [9.17, 15) is 4.79 Å². The van der Waals surface area contributed by atoms with E-state index in [1.165, 1.54) is 0 Å². The summed E-state index contributed by atoms with van der Waals surface area (Å²) < 4.78 is 0. The smallest absolute Gasteiger partial charge is 0.166 e. The molecule has 0 fully saturated rings. The monoisotopic (exact) mass is 186 g/mol. The van der Waals surface area contributed by atoms with Crippen LogP contribution >= 0.6 is 0 Å². The Morgan fingerprint density at radius 3 is 3.00 bits per heavy atom. The fourth-order valence-electron chi connectivity index (χ4n) is 1.74. The highest BCUT2D eigenvalue weighted by Crippen LogP contribution is 2.26. The summed E-state index contributed by atoms with van der Waals surface area (Å²) in [5, 5.41) is 12.0. The third kappa shape index (κ3) is 1.25. The van der Waals surface area contributed by atoms with E-state index in [1.807, 2.05) is 6.92 Å². The first-order valence-corrected chi connectivity index (χ1v) is 4.54. The molecule has 0 aliphatic carbocycles. The summed E-state index contributed by atoms with van der Waals surface area (Å²) in [5.41, 5.74) is 3.07. The first kappa shape index (κ1) is 8.76. The Labute approximate surface area is 82.4 Å². The molecule has 0 aromatic heterocycles. The normalized spacial score (nSPS) is 14.1. The van der Waals surface area contributed by atoms with Crippen molar-refractivity contribution in [3.63, 3.8) is 0 Å². The van der Waals surface area contributed by atoms with Crippen molar-refractivity contribution in [1.29, 1.82) is 5.26 Å². The summed E-state index contributed by atoms with van der Waals surface area (Å²) in [6, 6.07) is 5.52. The molecule has 3 heteroatoms. The van der Waals surface area contributed by atoms with Crippen LogP contribution in [0.4, 0.5) is 5.69 Å². The summed E-state index contributed by atoms with van der Waals surface area (Å²) >= 11 is 0. The number of nitrogens with zero attached hydrogens (tertiary/aromatic N) is 1. The van der Waals surface area contributed by atoms with Gasteiger partial charge in [0, 0.05) is 24.2 Å². The molecule has 0 bridgehead atoms. The lowest BCUT2D eigenvalue weighted by molar-refractivity contribution is 0.0983. The predicted molar refractivity (Wildman–Crippen MR) is 53.3 cm³/mol. The first-order chi connectivity index (χ1) is 6.72. The quantitative estimate of drug-likeness (QED) is 0.672. The third-order valence-electron chi connectivity index (χ3n) is 2.42. The fourth-order valence-corrected chi connectivity index (χ4v) is 1.74. The van der Waals surface area contributed by atoms with Crippen LogP contribution in [-0.4, -0.2) is 12.3 Å². The molecule has 1 aromatic rings. The third-order valence-corrected chi connectivity index (χ3v) is 2.42. The minimum absolute atomic E-state index is 0.124. The van der Waals surface area contributed by atoms with Gasteiger partial charge >= 0.3 is 0 Å². The van der Waals surface area contributed by atoms with E-state index in [0.717, 1.165) is 11.3 Å². The fraction of sp³-hybridized carbons (Fsp3) is 0.273. The second-order valence-electron chi connectivity index (χ2n) is 3.43. The lowest BCUT2D eigenvalue weighted by Crippen LogP contribution is -2.19. The van der Waals surface area contributed by atoms with E-state index >= 15 is 0 Å². The van der Waals surface area contributed by atoms with Crippen LogP contribution in [0, 0.1) is 18.3 Å². The highest BCUT2D eigenvalue weighted by atomic mass is 16.1. The summed E-state index contributed by atoms with van der Waals surface area (Å²) in [6.45, 7) is 2.60. The van der Waals surface area contributed by atoms with Gasteiger partial charge in [-0.05, 0) is 24.6 Å². The van der Waals surface area contributed by atoms with Crippen LogP contribution in [-0.2, 0) is 0 Å². The highest BCUT2D eigenvalue weighted by molar-refractivity contribution is 6.04. The van der Waals surface area contributed by atoms with Gasteiger partial charge in [-0.25, -0.2) is 0 Å². The van der Waals surface area contributed by atoms with Gasteiger partial charge in [-0.15, -0.1) is 0 Å². The van der Waals surface area contributed by atoms with Crippen LogP contribution < -0.4 is 5.32 Å². The number of Topliss-reactive ketones (excluding diaryl/α,β-unsaturated/α-hetero) is 1. The molecule has 0 saturated carbocycles. The van der Waals surface area contributed by atoms with Gasteiger partial charge in [0.1, 0.15) is 0 Å². The number of nitrogens with one attached hydrogen (secondary N) is 1. The zero-order chi connectivity index (χ0) is 10.1. The first-order valence-electron chi connectivity index (χ1n) is 4.54. The van der Waals surface area contributed by atoms with Gasteiger partial charge in [0.2, 0.25) is 0 Å². The molecule has 3 nitrogen and oxygen atoms in total. The molecule has 14 heavy (non-hydrogen) atoms. The molecule has 0 amide bonds. The molecule has 0 unspecified atom stereocenters.